The number of anilines is 3. The minimum atomic E-state index is -1.92. The van der Waals surface area contributed by atoms with Gasteiger partial charge in [-0.05, 0) is 64.6 Å². The highest BCUT2D eigenvalue weighted by molar-refractivity contribution is 9.10. The van der Waals surface area contributed by atoms with Crippen LogP contribution in [0.15, 0.2) is 22.8 Å². The lowest BCUT2D eigenvalue weighted by Gasteiger charge is -2.36. The van der Waals surface area contributed by atoms with Crippen molar-refractivity contribution in [3.63, 3.8) is 0 Å². The Bertz CT molecular complexity index is 1070. The second-order valence-electron chi connectivity index (χ2n) is 10.3. The topological polar surface area (TPSA) is 82.9 Å². The predicted octanol–water partition coefficient (Wildman–Crippen LogP) is 8.31. The van der Waals surface area contributed by atoms with Gasteiger partial charge >= 0.3 is 0 Å². The van der Waals surface area contributed by atoms with E-state index in [0.29, 0.717) is 28.4 Å². The zero-order chi connectivity index (χ0) is 25.1. The molecule has 0 aliphatic heterocycles. The molecular formula is C24H32BrCl2N5OSi. The summed E-state index contributed by atoms with van der Waals surface area (Å²) in [6, 6.07) is 6.24. The Kier molecular flexibility index (Phi) is 8.91. The van der Waals surface area contributed by atoms with E-state index in [9.17, 15) is 5.26 Å². The average molecular weight is 585 g/mol. The molecule has 1 aliphatic carbocycles. The maximum Gasteiger partial charge on any atom is 0.229 e. The molecule has 0 saturated heterocycles. The highest BCUT2D eigenvalue weighted by atomic mass is 79.9. The summed E-state index contributed by atoms with van der Waals surface area (Å²) in [7, 11) is -1.92. The molecule has 10 heteroatoms. The van der Waals surface area contributed by atoms with Gasteiger partial charge in [0.05, 0.1) is 29.8 Å². The third kappa shape index (κ3) is 6.64. The van der Waals surface area contributed by atoms with Crippen LogP contribution in [0.4, 0.5) is 17.5 Å². The van der Waals surface area contributed by atoms with Crippen LogP contribution >= 0.6 is 39.1 Å². The molecule has 0 radical (unpaired) electrons. The molecule has 1 aliphatic rings. The summed E-state index contributed by atoms with van der Waals surface area (Å²) < 4.78 is 7.22. The number of rotatable bonds is 7. The van der Waals surface area contributed by atoms with Crippen molar-refractivity contribution in [1.82, 2.24) is 9.97 Å². The van der Waals surface area contributed by atoms with Crippen molar-refractivity contribution in [2.75, 3.05) is 10.6 Å². The Morgan fingerprint density at radius 2 is 1.91 bits per heavy atom. The largest absolute Gasteiger partial charge is 0.413 e. The van der Waals surface area contributed by atoms with Crippen LogP contribution in [0.5, 0.6) is 0 Å². The van der Waals surface area contributed by atoms with E-state index in [0.717, 1.165) is 41.4 Å². The molecule has 1 aromatic heterocycles. The van der Waals surface area contributed by atoms with Gasteiger partial charge in [-0.2, -0.15) is 10.2 Å². The van der Waals surface area contributed by atoms with E-state index in [4.69, 9.17) is 27.6 Å². The second-order valence-corrected chi connectivity index (χ2v) is 16.7. The molecule has 1 fully saturated rings. The smallest absolute Gasteiger partial charge is 0.229 e. The van der Waals surface area contributed by atoms with E-state index in [-0.39, 0.29) is 17.0 Å². The van der Waals surface area contributed by atoms with Gasteiger partial charge in [-0.15, -0.1) is 0 Å². The lowest BCUT2D eigenvalue weighted by Crippen LogP contribution is -2.40. The Hall–Kier alpha value is -1.37. The van der Waals surface area contributed by atoms with E-state index >= 15 is 0 Å². The fourth-order valence-corrected chi connectivity index (χ4v) is 5.27. The Labute approximate surface area is 222 Å². The number of hydrogen-bond donors (Lipinski definition) is 2. The summed E-state index contributed by atoms with van der Waals surface area (Å²) in [4.78, 5) is 8.90. The van der Waals surface area contributed by atoms with Crippen LogP contribution in [-0.4, -0.2) is 24.3 Å². The maximum absolute atomic E-state index is 9.48. The quantitative estimate of drug-likeness (QED) is 0.318. The molecule has 1 aromatic carbocycles. The number of aromatic nitrogens is 2. The molecule has 0 unspecified atom stereocenters. The van der Waals surface area contributed by atoms with E-state index in [1.54, 1.807) is 6.20 Å². The standard InChI is InChI=1S/C24H32BrCl2N5OSi/c1-24(2,3)34(4,5)33-14-16-10-17(11-18(26)21(16)25)30-23-29-13-19(27)22(32-23)31-20-9-7-6-8-15(20)12-28/h10-11,13,15,20H,6-9,14H2,1-5H3,(H2,29,30,31,32)/t15-,20+/m0/s1. The van der Waals surface area contributed by atoms with Crippen molar-refractivity contribution in [3.05, 3.63) is 38.4 Å². The van der Waals surface area contributed by atoms with Crippen LogP contribution in [0.25, 0.3) is 0 Å². The summed E-state index contributed by atoms with van der Waals surface area (Å²) in [5, 5.41) is 17.2. The first-order valence-electron chi connectivity index (χ1n) is 11.5. The highest BCUT2D eigenvalue weighted by Crippen LogP contribution is 2.39. The summed E-state index contributed by atoms with van der Waals surface area (Å²) in [5.41, 5.74) is 1.70. The SMILES string of the molecule is CC(C)(C)[Si](C)(C)OCc1cc(Nc2ncc(Cl)c(N[C@@H]3CCCC[C@H]3C#N)n2)cc(Cl)c1Br. The molecule has 0 bridgehead atoms. The Morgan fingerprint density at radius 1 is 1.21 bits per heavy atom. The third-order valence-corrected chi connectivity index (χ3v) is 13.0. The molecule has 1 saturated carbocycles. The van der Waals surface area contributed by atoms with Crippen LogP contribution in [0.1, 0.15) is 52.0 Å². The highest BCUT2D eigenvalue weighted by Gasteiger charge is 2.37. The van der Waals surface area contributed by atoms with Crippen molar-refractivity contribution in [2.45, 2.75) is 77.2 Å². The first-order chi connectivity index (χ1) is 15.9. The first kappa shape index (κ1) is 27.2. The summed E-state index contributed by atoms with van der Waals surface area (Å²) >= 11 is 16.5. The number of hydrogen-bond acceptors (Lipinski definition) is 6. The van der Waals surface area contributed by atoms with E-state index in [1.165, 1.54) is 0 Å². The molecule has 1 heterocycles. The maximum atomic E-state index is 9.48. The third-order valence-electron chi connectivity index (χ3n) is 6.75. The minimum absolute atomic E-state index is 0.0280. The van der Waals surface area contributed by atoms with E-state index in [1.807, 2.05) is 12.1 Å². The summed E-state index contributed by atoms with van der Waals surface area (Å²) in [6.07, 6.45) is 5.53. The van der Waals surface area contributed by atoms with Gasteiger partial charge in [0.15, 0.2) is 14.1 Å². The molecule has 34 heavy (non-hydrogen) atoms. The molecule has 0 spiro atoms. The second kappa shape index (κ2) is 11.1. The van der Waals surface area contributed by atoms with Crippen LogP contribution < -0.4 is 10.6 Å². The van der Waals surface area contributed by atoms with Crippen molar-refractivity contribution in [2.24, 2.45) is 5.92 Å². The van der Waals surface area contributed by atoms with Crippen molar-refractivity contribution >= 4 is 64.9 Å². The van der Waals surface area contributed by atoms with E-state index < -0.39 is 8.32 Å². The fourth-order valence-electron chi connectivity index (χ4n) is 3.59. The van der Waals surface area contributed by atoms with Gasteiger partial charge in [0, 0.05) is 16.2 Å². The minimum Gasteiger partial charge on any atom is -0.413 e. The number of nitriles is 1. The van der Waals surface area contributed by atoms with Gasteiger partial charge in [-0.25, -0.2) is 4.98 Å². The average Bonchev–Trinajstić information content (AvgIpc) is 2.77. The first-order valence-corrected chi connectivity index (χ1v) is 15.9. The van der Waals surface area contributed by atoms with Crippen molar-refractivity contribution in [1.29, 1.82) is 5.26 Å². The number of benzene rings is 1. The molecule has 3 rings (SSSR count). The van der Waals surface area contributed by atoms with Crippen LogP contribution in [0.3, 0.4) is 0 Å². The normalized spacial score (nSPS) is 18.9. The van der Waals surface area contributed by atoms with Gasteiger partial charge in [-0.1, -0.05) is 56.8 Å². The zero-order valence-corrected chi connectivity index (χ0v) is 24.4. The summed E-state index contributed by atoms with van der Waals surface area (Å²) in [6.45, 7) is 11.6. The molecule has 2 N–H and O–H groups in total. The molecule has 0 amide bonds. The predicted molar refractivity (Wildman–Crippen MR) is 146 cm³/mol. The molecule has 2 aromatic rings. The van der Waals surface area contributed by atoms with Gasteiger partial charge in [0.25, 0.3) is 0 Å². The molecular weight excluding hydrogens is 553 g/mol. The monoisotopic (exact) mass is 583 g/mol. The number of halogens is 3. The fraction of sp³-hybridized carbons (Fsp3) is 0.542. The van der Waals surface area contributed by atoms with Crippen LogP contribution in [0.2, 0.25) is 28.2 Å². The van der Waals surface area contributed by atoms with Gasteiger partial charge in [0.2, 0.25) is 5.95 Å². The van der Waals surface area contributed by atoms with Gasteiger partial charge in [0.1, 0.15) is 5.02 Å². The number of nitrogens with zero attached hydrogens (tertiary/aromatic N) is 3. The van der Waals surface area contributed by atoms with Crippen LogP contribution in [-0.2, 0) is 11.0 Å². The van der Waals surface area contributed by atoms with Crippen molar-refractivity contribution < 1.29 is 4.43 Å². The van der Waals surface area contributed by atoms with E-state index in [2.05, 4.69) is 76.5 Å². The number of nitrogens with one attached hydrogen (secondary N) is 2. The Balaban J connectivity index is 1.79. The van der Waals surface area contributed by atoms with Gasteiger partial charge in [-0.3, -0.25) is 0 Å². The van der Waals surface area contributed by atoms with Crippen LogP contribution in [0, 0.1) is 17.2 Å². The van der Waals surface area contributed by atoms with Gasteiger partial charge < -0.3 is 15.1 Å². The summed E-state index contributed by atoms with van der Waals surface area (Å²) in [5.74, 6) is 0.867. The lowest BCUT2D eigenvalue weighted by atomic mass is 9.85. The molecule has 184 valence electrons. The van der Waals surface area contributed by atoms with Crippen molar-refractivity contribution in [3.8, 4) is 6.07 Å². The zero-order valence-electron chi connectivity index (χ0n) is 20.3. The molecule has 6 nitrogen and oxygen atoms in total. The molecule has 2 atom stereocenters. The lowest BCUT2D eigenvalue weighted by molar-refractivity contribution is 0.276. The Morgan fingerprint density at radius 3 is 2.59 bits per heavy atom.